The Hall–Kier alpha value is -2.24. The van der Waals surface area contributed by atoms with Crippen molar-refractivity contribution in [2.75, 3.05) is 16.8 Å². The first-order valence-electron chi connectivity index (χ1n) is 7.82. The van der Waals surface area contributed by atoms with Crippen molar-refractivity contribution in [2.24, 2.45) is 0 Å². The normalized spacial score (nSPS) is 16.8. The highest BCUT2D eigenvalue weighted by Gasteiger charge is 2.31. The largest absolute Gasteiger partial charge is 0.333 e. The fourth-order valence-corrected chi connectivity index (χ4v) is 3.05. The number of carbonyl (C=O) groups is 2. The highest BCUT2D eigenvalue weighted by molar-refractivity contribution is 6.31. The number of carbonyl (C=O) groups excluding carboxylic acids is 2. The van der Waals surface area contributed by atoms with E-state index < -0.39 is 0 Å². The molecular weight excluding hydrogens is 361 g/mol. The van der Waals surface area contributed by atoms with Crippen LogP contribution in [-0.4, -0.2) is 24.5 Å². The predicted molar refractivity (Wildman–Crippen MR) is 101 cm³/mol. The number of urea groups is 1. The molecule has 1 fully saturated rings. The van der Waals surface area contributed by atoms with Gasteiger partial charge in [0.05, 0.1) is 6.04 Å². The van der Waals surface area contributed by atoms with Crippen molar-refractivity contribution in [2.45, 2.75) is 19.4 Å². The maximum Gasteiger partial charge on any atom is 0.319 e. The number of hydrogen-bond donors (Lipinski definition) is 2. The first-order valence-corrected chi connectivity index (χ1v) is 8.57. The van der Waals surface area contributed by atoms with E-state index >= 15 is 0 Å². The Kier molecular flexibility index (Phi) is 5.16. The molecule has 0 saturated carbocycles. The van der Waals surface area contributed by atoms with Crippen LogP contribution in [0.5, 0.6) is 0 Å². The second-order valence-electron chi connectivity index (χ2n) is 5.94. The van der Waals surface area contributed by atoms with Crippen molar-refractivity contribution in [1.29, 1.82) is 0 Å². The van der Waals surface area contributed by atoms with E-state index in [2.05, 4.69) is 10.6 Å². The lowest BCUT2D eigenvalue weighted by Crippen LogP contribution is -2.39. The molecule has 1 unspecified atom stereocenters. The monoisotopic (exact) mass is 377 g/mol. The van der Waals surface area contributed by atoms with Gasteiger partial charge in [-0.3, -0.25) is 4.79 Å². The molecule has 5 nitrogen and oxygen atoms in total. The minimum Gasteiger partial charge on any atom is -0.333 e. The van der Waals surface area contributed by atoms with Crippen LogP contribution in [0.2, 0.25) is 10.0 Å². The average Bonchev–Trinajstić information content (AvgIpc) is 2.92. The molecule has 3 rings (SSSR count). The zero-order chi connectivity index (χ0) is 18.0. The molecule has 0 aliphatic carbocycles. The Balaban J connectivity index is 1.62. The Labute approximate surface area is 155 Å². The van der Waals surface area contributed by atoms with Gasteiger partial charge in [0, 0.05) is 34.4 Å². The van der Waals surface area contributed by atoms with Crippen molar-refractivity contribution >= 4 is 46.5 Å². The van der Waals surface area contributed by atoms with E-state index in [4.69, 9.17) is 23.2 Å². The molecule has 1 aliphatic rings. The number of aryl methyl sites for hydroxylation is 1. The lowest BCUT2D eigenvalue weighted by atomic mass is 10.2. The fourth-order valence-electron chi connectivity index (χ4n) is 2.75. The number of anilines is 2. The van der Waals surface area contributed by atoms with Crippen LogP contribution in [0.4, 0.5) is 16.2 Å². The van der Waals surface area contributed by atoms with Crippen molar-refractivity contribution in [1.82, 2.24) is 5.32 Å². The van der Waals surface area contributed by atoms with Crippen LogP contribution in [0, 0.1) is 6.92 Å². The number of hydrogen-bond acceptors (Lipinski definition) is 2. The van der Waals surface area contributed by atoms with E-state index in [1.807, 2.05) is 13.0 Å². The molecule has 1 saturated heterocycles. The topological polar surface area (TPSA) is 61.4 Å². The Morgan fingerprint density at radius 3 is 2.52 bits per heavy atom. The molecular formula is C18H17Cl2N3O2. The smallest absolute Gasteiger partial charge is 0.319 e. The number of rotatable bonds is 3. The van der Waals surface area contributed by atoms with E-state index in [0.717, 1.165) is 11.3 Å². The van der Waals surface area contributed by atoms with Gasteiger partial charge in [-0.05, 0) is 48.9 Å². The van der Waals surface area contributed by atoms with Gasteiger partial charge in [0.1, 0.15) is 0 Å². The van der Waals surface area contributed by atoms with E-state index in [1.54, 1.807) is 41.3 Å². The Morgan fingerprint density at radius 2 is 1.80 bits per heavy atom. The summed E-state index contributed by atoms with van der Waals surface area (Å²) in [5.74, 6) is -0.0356. The molecule has 25 heavy (non-hydrogen) atoms. The first kappa shape index (κ1) is 17.6. The third-order valence-corrected chi connectivity index (χ3v) is 4.53. The van der Waals surface area contributed by atoms with E-state index in [0.29, 0.717) is 22.3 Å². The predicted octanol–water partition coefficient (Wildman–Crippen LogP) is 4.23. The van der Waals surface area contributed by atoms with Gasteiger partial charge < -0.3 is 15.5 Å². The molecule has 0 radical (unpaired) electrons. The summed E-state index contributed by atoms with van der Waals surface area (Å²) in [5, 5.41) is 6.77. The highest BCUT2D eigenvalue weighted by Crippen LogP contribution is 2.24. The van der Waals surface area contributed by atoms with Gasteiger partial charge in [0.15, 0.2) is 0 Å². The number of nitrogens with zero attached hydrogens (tertiary/aromatic N) is 1. The number of nitrogens with one attached hydrogen (secondary N) is 2. The van der Waals surface area contributed by atoms with Crippen LogP contribution in [0.15, 0.2) is 42.5 Å². The summed E-state index contributed by atoms with van der Waals surface area (Å²) in [6.07, 6.45) is 0.255. The fraction of sp³-hybridized carbons (Fsp3) is 0.222. The summed E-state index contributed by atoms with van der Waals surface area (Å²) in [4.78, 5) is 26.1. The van der Waals surface area contributed by atoms with E-state index in [9.17, 15) is 9.59 Å². The van der Waals surface area contributed by atoms with Gasteiger partial charge in [0.25, 0.3) is 0 Å². The maximum atomic E-state index is 12.2. The molecule has 1 heterocycles. The second-order valence-corrected chi connectivity index (χ2v) is 6.81. The van der Waals surface area contributed by atoms with E-state index in [1.165, 1.54) is 0 Å². The second kappa shape index (κ2) is 7.33. The van der Waals surface area contributed by atoms with Gasteiger partial charge >= 0.3 is 6.03 Å². The Bertz CT molecular complexity index is 808. The minimum absolute atomic E-state index is 0.0356. The third-order valence-electron chi connectivity index (χ3n) is 4.05. The van der Waals surface area contributed by atoms with Crippen LogP contribution in [0.3, 0.4) is 0 Å². The lowest BCUT2D eigenvalue weighted by molar-refractivity contribution is -0.117. The minimum atomic E-state index is -0.360. The molecule has 7 heteroatoms. The molecule has 0 bridgehead atoms. The summed E-state index contributed by atoms with van der Waals surface area (Å²) in [7, 11) is 0. The van der Waals surface area contributed by atoms with Gasteiger partial charge in [-0.1, -0.05) is 29.3 Å². The lowest BCUT2D eigenvalue weighted by Gasteiger charge is -2.18. The summed E-state index contributed by atoms with van der Waals surface area (Å²) in [6, 6.07) is 11.7. The molecule has 2 N–H and O–H groups in total. The van der Waals surface area contributed by atoms with Gasteiger partial charge in [-0.25, -0.2) is 4.79 Å². The molecule has 2 aromatic rings. The van der Waals surface area contributed by atoms with Crippen LogP contribution in [0.1, 0.15) is 12.0 Å². The van der Waals surface area contributed by atoms with E-state index in [-0.39, 0.29) is 24.4 Å². The van der Waals surface area contributed by atoms with Gasteiger partial charge in [-0.15, -0.1) is 0 Å². The molecule has 0 aromatic heterocycles. The summed E-state index contributed by atoms with van der Waals surface area (Å²) < 4.78 is 0. The summed E-state index contributed by atoms with van der Waals surface area (Å²) >= 11 is 11.8. The average molecular weight is 378 g/mol. The van der Waals surface area contributed by atoms with Crippen LogP contribution in [-0.2, 0) is 4.79 Å². The van der Waals surface area contributed by atoms with Crippen LogP contribution in [0.25, 0.3) is 0 Å². The molecule has 1 atom stereocenters. The van der Waals surface area contributed by atoms with Crippen molar-refractivity contribution in [3.63, 3.8) is 0 Å². The van der Waals surface area contributed by atoms with Crippen molar-refractivity contribution in [3.8, 4) is 0 Å². The van der Waals surface area contributed by atoms with Crippen molar-refractivity contribution < 1.29 is 9.59 Å². The molecule has 130 valence electrons. The summed E-state index contributed by atoms with van der Waals surface area (Å²) in [6.45, 7) is 2.30. The number of halogens is 2. The Morgan fingerprint density at radius 1 is 1.12 bits per heavy atom. The molecule has 3 amide bonds. The highest BCUT2D eigenvalue weighted by atomic mass is 35.5. The first-order chi connectivity index (χ1) is 11.9. The van der Waals surface area contributed by atoms with Gasteiger partial charge in [-0.2, -0.15) is 0 Å². The number of amides is 3. The molecule has 2 aromatic carbocycles. The maximum absolute atomic E-state index is 12.2. The summed E-state index contributed by atoms with van der Waals surface area (Å²) in [5.41, 5.74) is 2.32. The number of benzene rings is 2. The molecule has 1 aliphatic heterocycles. The van der Waals surface area contributed by atoms with Crippen molar-refractivity contribution in [3.05, 3.63) is 58.1 Å². The van der Waals surface area contributed by atoms with Gasteiger partial charge in [0.2, 0.25) is 5.91 Å². The SMILES string of the molecule is Cc1ccc(Cl)cc1NC(=O)NC1CC(=O)N(c2ccc(Cl)cc2)C1. The molecule has 0 spiro atoms. The third kappa shape index (κ3) is 4.24. The van der Waals surface area contributed by atoms with Crippen LogP contribution < -0.4 is 15.5 Å². The zero-order valence-corrected chi connectivity index (χ0v) is 15.1. The standard InChI is InChI=1S/C18H17Cl2N3O2/c1-11-2-3-13(20)8-16(11)22-18(25)21-14-9-17(24)23(10-14)15-6-4-12(19)5-7-15/h2-8,14H,9-10H2,1H3,(H2,21,22,25). The quantitative estimate of drug-likeness (QED) is 0.840. The zero-order valence-electron chi connectivity index (χ0n) is 13.6. The van der Waals surface area contributed by atoms with Crippen LogP contribution >= 0.6 is 23.2 Å².